The topological polar surface area (TPSA) is 96.6 Å². The van der Waals surface area contributed by atoms with Crippen molar-refractivity contribution in [1.82, 2.24) is 18.7 Å². The Morgan fingerprint density at radius 2 is 1.85 bits per heavy atom. The van der Waals surface area contributed by atoms with Crippen molar-refractivity contribution < 1.29 is 17.7 Å². The van der Waals surface area contributed by atoms with Crippen LogP contribution in [0, 0.1) is 13.8 Å². The van der Waals surface area contributed by atoms with Crippen LogP contribution in [0.25, 0.3) is 10.1 Å². The van der Waals surface area contributed by atoms with Gasteiger partial charge in [-0.15, -0.1) is 0 Å². The molecule has 0 spiro atoms. The lowest BCUT2D eigenvalue weighted by atomic mass is 10.2. The molecule has 3 aromatic rings. The molecule has 0 saturated carbocycles. The maximum atomic E-state index is 12.9. The van der Waals surface area contributed by atoms with Gasteiger partial charge in [-0.1, -0.05) is 23.4 Å². The fourth-order valence-electron chi connectivity index (χ4n) is 3.29. The molecule has 1 amide bonds. The maximum Gasteiger partial charge on any atom is 0.274 e. The second kappa shape index (κ2) is 6.70. The monoisotopic (exact) mass is 406 g/mol. The third-order valence-electron chi connectivity index (χ3n) is 4.67. The lowest BCUT2D eigenvalue weighted by Gasteiger charge is -2.33. The Hall–Kier alpha value is -2.30. The zero-order chi connectivity index (χ0) is 19.2. The molecular weight excluding hydrogens is 388 g/mol. The molecule has 4 rings (SSSR count). The molecule has 1 saturated heterocycles. The quantitative estimate of drug-likeness (QED) is 0.660. The van der Waals surface area contributed by atoms with Crippen molar-refractivity contribution in [3.8, 4) is 0 Å². The van der Waals surface area contributed by atoms with Crippen LogP contribution in [-0.2, 0) is 10.0 Å². The molecule has 0 unspecified atom stereocenters. The lowest BCUT2D eigenvalue weighted by molar-refractivity contribution is 0.0695. The van der Waals surface area contributed by atoms with E-state index in [-0.39, 0.29) is 29.7 Å². The standard InChI is InChI=1S/C17H18N4O4S2/c1-11-16(12(2)25-18-11)27(23,24)21-9-7-20(8-10-21)17(22)15-13-5-3-4-6-14(13)26-19-15/h3-6H,7-10H2,1-2H3. The van der Waals surface area contributed by atoms with Gasteiger partial charge in [-0.05, 0) is 31.4 Å². The summed E-state index contributed by atoms with van der Waals surface area (Å²) >= 11 is 1.29. The van der Waals surface area contributed by atoms with Gasteiger partial charge in [0.05, 0.1) is 4.70 Å². The normalized spacial score (nSPS) is 16.1. The van der Waals surface area contributed by atoms with Crippen molar-refractivity contribution in [1.29, 1.82) is 0 Å². The van der Waals surface area contributed by atoms with Crippen LogP contribution in [0.5, 0.6) is 0 Å². The predicted molar refractivity (Wildman–Crippen MR) is 100 cm³/mol. The van der Waals surface area contributed by atoms with Crippen LogP contribution in [0.1, 0.15) is 21.9 Å². The van der Waals surface area contributed by atoms with E-state index in [9.17, 15) is 13.2 Å². The molecule has 1 aliphatic heterocycles. The third-order valence-corrected chi connectivity index (χ3v) is 7.64. The Kier molecular flexibility index (Phi) is 4.49. The van der Waals surface area contributed by atoms with Crippen LogP contribution in [0.15, 0.2) is 33.7 Å². The molecule has 1 aliphatic rings. The van der Waals surface area contributed by atoms with Gasteiger partial charge in [-0.25, -0.2) is 8.42 Å². The van der Waals surface area contributed by atoms with Crippen LogP contribution in [0.3, 0.4) is 0 Å². The summed E-state index contributed by atoms with van der Waals surface area (Å²) in [5.41, 5.74) is 0.776. The largest absolute Gasteiger partial charge is 0.360 e. The van der Waals surface area contributed by atoms with Gasteiger partial charge in [-0.2, -0.15) is 8.68 Å². The molecule has 10 heteroatoms. The molecule has 0 radical (unpaired) electrons. The van der Waals surface area contributed by atoms with E-state index in [0.717, 1.165) is 10.1 Å². The molecule has 3 heterocycles. The average molecular weight is 406 g/mol. The Morgan fingerprint density at radius 1 is 1.15 bits per heavy atom. The van der Waals surface area contributed by atoms with Crippen LogP contribution in [0.4, 0.5) is 0 Å². The predicted octanol–water partition coefficient (Wildman–Crippen LogP) is 2.05. The van der Waals surface area contributed by atoms with Gasteiger partial charge in [0, 0.05) is 31.6 Å². The minimum atomic E-state index is -3.69. The van der Waals surface area contributed by atoms with Gasteiger partial charge >= 0.3 is 0 Å². The molecule has 1 fully saturated rings. The SMILES string of the molecule is Cc1noc(C)c1S(=O)(=O)N1CCN(C(=O)c2nsc3ccccc23)CC1. The van der Waals surface area contributed by atoms with Gasteiger partial charge in [0.2, 0.25) is 10.0 Å². The first-order valence-electron chi connectivity index (χ1n) is 8.46. The van der Waals surface area contributed by atoms with Crippen molar-refractivity contribution >= 4 is 37.5 Å². The number of hydrogen-bond acceptors (Lipinski definition) is 7. The number of aromatic nitrogens is 2. The van der Waals surface area contributed by atoms with Gasteiger partial charge in [0.1, 0.15) is 16.3 Å². The summed E-state index contributed by atoms with van der Waals surface area (Å²) in [7, 11) is -3.69. The van der Waals surface area contributed by atoms with Gasteiger partial charge in [-0.3, -0.25) is 4.79 Å². The van der Waals surface area contributed by atoms with E-state index in [1.54, 1.807) is 18.7 Å². The Bertz CT molecular complexity index is 1090. The number of sulfonamides is 1. The van der Waals surface area contributed by atoms with Crippen molar-refractivity contribution in [2.75, 3.05) is 26.2 Å². The maximum absolute atomic E-state index is 12.9. The summed E-state index contributed by atoms with van der Waals surface area (Å²) in [6.07, 6.45) is 0. The smallest absolute Gasteiger partial charge is 0.274 e. The molecule has 142 valence electrons. The number of aryl methyl sites for hydroxylation is 2. The second-order valence-corrected chi connectivity index (χ2v) is 9.06. The van der Waals surface area contributed by atoms with Crippen LogP contribution < -0.4 is 0 Å². The number of hydrogen-bond donors (Lipinski definition) is 0. The molecule has 2 aromatic heterocycles. The van der Waals surface area contributed by atoms with E-state index in [2.05, 4.69) is 9.53 Å². The van der Waals surface area contributed by atoms with E-state index in [1.807, 2.05) is 24.3 Å². The first-order chi connectivity index (χ1) is 12.9. The molecule has 8 nitrogen and oxygen atoms in total. The third kappa shape index (κ3) is 3.03. The summed E-state index contributed by atoms with van der Waals surface area (Å²) < 4.78 is 37.4. The van der Waals surface area contributed by atoms with Gasteiger partial charge < -0.3 is 9.42 Å². The highest BCUT2D eigenvalue weighted by Crippen LogP contribution is 2.26. The first kappa shape index (κ1) is 18.1. The number of rotatable bonds is 3. The zero-order valence-corrected chi connectivity index (χ0v) is 16.5. The zero-order valence-electron chi connectivity index (χ0n) is 14.9. The van der Waals surface area contributed by atoms with Gasteiger partial charge in [0.15, 0.2) is 5.76 Å². The second-order valence-electron chi connectivity index (χ2n) is 6.38. The van der Waals surface area contributed by atoms with E-state index in [0.29, 0.717) is 24.5 Å². The Morgan fingerprint density at radius 3 is 2.52 bits per heavy atom. The molecule has 1 aromatic carbocycles. The number of carbonyl (C=O) groups is 1. The van der Waals surface area contributed by atoms with Crippen molar-refractivity contribution in [2.45, 2.75) is 18.7 Å². The number of benzene rings is 1. The summed E-state index contributed by atoms with van der Waals surface area (Å²) in [5.74, 6) is 0.113. The van der Waals surface area contributed by atoms with E-state index in [4.69, 9.17) is 4.52 Å². The highest BCUT2D eigenvalue weighted by molar-refractivity contribution is 7.89. The fourth-order valence-corrected chi connectivity index (χ4v) is 5.78. The highest BCUT2D eigenvalue weighted by atomic mass is 32.2. The molecule has 0 aliphatic carbocycles. The number of carbonyl (C=O) groups excluding carboxylic acids is 1. The van der Waals surface area contributed by atoms with E-state index in [1.165, 1.54) is 15.8 Å². The number of nitrogens with zero attached hydrogens (tertiary/aromatic N) is 4. The van der Waals surface area contributed by atoms with Crippen LogP contribution >= 0.6 is 11.5 Å². The summed E-state index contributed by atoms with van der Waals surface area (Å²) in [5, 5.41) is 4.56. The molecule has 0 atom stereocenters. The minimum Gasteiger partial charge on any atom is -0.360 e. The van der Waals surface area contributed by atoms with Crippen LogP contribution in [-0.4, -0.2) is 59.2 Å². The van der Waals surface area contributed by atoms with Crippen molar-refractivity contribution in [3.05, 3.63) is 41.4 Å². The van der Waals surface area contributed by atoms with E-state index >= 15 is 0 Å². The highest BCUT2D eigenvalue weighted by Gasteiger charge is 2.35. The Labute approximate surface area is 160 Å². The number of fused-ring (bicyclic) bond motifs is 1. The van der Waals surface area contributed by atoms with E-state index < -0.39 is 10.0 Å². The number of amides is 1. The minimum absolute atomic E-state index is 0.118. The van der Waals surface area contributed by atoms with Crippen molar-refractivity contribution in [3.63, 3.8) is 0 Å². The van der Waals surface area contributed by atoms with Gasteiger partial charge in [0.25, 0.3) is 5.91 Å². The Balaban J connectivity index is 1.51. The summed E-state index contributed by atoms with van der Waals surface area (Å²) in [6, 6.07) is 7.59. The van der Waals surface area contributed by atoms with Crippen LogP contribution in [0.2, 0.25) is 0 Å². The molecule has 27 heavy (non-hydrogen) atoms. The van der Waals surface area contributed by atoms with Crippen molar-refractivity contribution in [2.24, 2.45) is 0 Å². The first-order valence-corrected chi connectivity index (χ1v) is 10.7. The molecule has 0 N–H and O–H groups in total. The summed E-state index contributed by atoms with van der Waals surface area (Å²) in [4.78, 5) is 14.6. The lowest BCUT2D eigenvalue weighted by Crippen LogP contribution is -2.50. The molecular formula is C17H18N4O4S2. The molecule has 0 bridgehead atoms. The number of piperazine rings is 1. The average Bonchev–Trinajstić information content (AvgIpc) is 3.24. The summed E-state index contributed by atoms with van der Waals surface area (Å²) in [6.45, 7) is 4.26. The fraction of sp³-hybridized carbons (Fsp3) is 0.353.